The van der Waals surface area contributed by atoms with Gasteiger partial charge in [-0.1, -0.05) is 6.07 Å². The summed E-state index contributed by atoms with van der Waals surface area (Å²) in [5, 5.41) is 42.1. The Kier molecular flexibility index (Phi) is 15.5. The molecule has 3 atom stereocenters. The maximum atomic E-state index is 12.0. The summed E-state index contributed by atoms with van der Waals surface area (Å²) in [6, 6.07) is 21.5. The Hall–Kier alpha value is -5.78. The van der Waals surface area contributed by atoms with Crippen LogP contribution < -0.4 is 20.4 Å². The van der Waals surface area contributed by atoms with Crippen LogP contribution in [0.25, 0.3) is 5.65 Å². The number of fused-ring (bicyclic) bond motifs is 1. The fourth-order valence-electron chi connectivity index (χ4n) is 7.73. The van der Waals surface area contributed by atoms with E-state index in [2.05, 4.69) is 55.8 Å². The van der Waals surface area contributed by atoms with Crippen molar-refractivity contribution in [3.8, 4) is 6.07 Å². The first-order valence-electron chi connectivity index (χ1n) is 21.9. The molecule has 0 radical (unpaired) electrons. The van der Waals surface area contributed by atoms with Crippen molar-refractivity contribution in [2.45, 2.75) is 93.2 Å². The number of nitriles is 1. The highest BCUT2D eigenvalue weighted by Gasteiger charge is 2.30. The van der Waals surface area contributed by atoms with E-state index in [4.69, 9.17) is 0 Å². The van der Waals surface area contributed by atoms with Crippen LogP contribution in [0.1, 0.15) is 79.2 Å². The van der Waals surface area contributed by atoms with E-state index in [1.54, 1.807) is 47.7 Å². The molecule has 9 rings (SSSR count). The maximum absolute atomic E-state index is 12.0. The van der Waals surface area contributed by atoms with Gasteiger partial charge in [0.2, 0.25) is 0 Å². The molecule has 20 heteroatoms. The minimum absolute atomic E-state index is 0.0587. The van der Waals surface area contributed by atoms with Gasteiger partial charge in [-0.3, -0.25) is 32.9 Å². The molecule has 0 spiro atoms. The minimum Gasteiger partial charge on any atom is -0.371 e. The fourth-order valence-corrected chi connectivity index (χ4v) is 9.77. The van der Waals surface area contributed by atoms with Crippen LogP contribution in [-0.4, -0.2) is 88.1 Å². The lowest BCUT2D eigenvalue weighted by Gasteiger charge is -2.23. The molecule has 0 bridgehead atoms. The molecule has 2 N–H and O–H groups in total. The van der Waals surface area contributed by atoms with Gasteiger partial charge in [-0.05, 0) is 110 Å². The van der Waals surface area contributed by atoms with E-state index < -0.39 is 42.2 Å². The number of nitro benzene ring substituents is 2. The Balaban J connectivity index is 0.000000159. The zero-order valence-corrected chi connectivity index (χ0v) is 40.3. The van der Waals surface area contributed by atoms with Crippen LogP contribution in [0, 0.1) is 37.5 Å². The summed E-state index contributed by atoms with van der Waals surface area (Å²) in [4.78, 5) is 29.7. The van der Waals surface area contributed by atoms with Gasteiger partial charge in [0.1, 0.15) is 23.3 Å². The van der Waals surface area contributed by atoms with E-state index in [-0.39, 0.29) is 11.4 Å². The Morgan fingerprint density at radius 1 is 0.727 bits per heavy atom. The molecule has 4 aliphatic carbocycles. The predicted octanol–water partition coefficient (Wildman–Crippen LogP) is 7.89. The molecule has 0 amide bonds. The third kappa shape index (κ3) is 13.2. The van der Waals surface area contributed by atoms with Gasteiger partial charge in [-0.15, -0.1) is 0 Å². The quantitative estimate of drug-likeness (QED) is 0.0630. The van der Waals surface area contributed by atoms with E-state index in [9.17, 15) is 38.1 Å². The smallest absolute Gasteiger partial charge is 0.269 e. The first-order chi connectivity index (χ1) is 31.6. The molecule has 17 nitrogen and oxygen atoms in total. The zero-order valence-electron chi connectivity index (χ0n) is 37.8. The van der Waals surface area contributed by atoms with Gasteiger partial charge in [0.15, 0.2) is 5.65 Å². The van der Waals surface area contributed by atoms with Crippen molar-refractivity contribution in [1.29, 1.82) is 5.26 Å². The SMILES string of the molecule is CN(c1ccc(Nc2cc(NC3CC3)n3ncc(C#N)c3n2)cc1CS(C)=O)C1CC1.CN(c1ccc([N+](=O)[O-])cc1CS(C)=O)C1CC1.CS(=O)Cc1cc([N+](=O)[O-])ccc1CC1CC1. The molecule has 4 aliphatic rings. The van der Waals surface area contributed by atoms with Crippen LogP contribution in [-0.2, 0) is 56.1 Å². The molecule has 66 heavy (non-hydrogen) atoms. The van der Waals surface area contributed by atoms with Crippen molar-refractivity contribution in [1.82, 2.24) is 14.6 Å². The lowest BCUT2D eigenvalue weighted by atomic mass is 10.0. The summed E-state index contributed by atoms with van der Waals surface area (Å²) in [5.41, 5.74) is 7.90. The van der Waals surface area contributed by atoms with Crippen molar-refractivity contribution in [3.05, 3.63) is 115 Å². The second-order valence-corrected chi connectivity index (χ2v) is 21.9. The first-order valence-corrected chi connectivity index (χ1v) is 27.1. The number of hydrogen-bond donors (Lipinski definition) is 2. The second kappa shape index (κ2) is 21.2. The van der Waals surface area contributed by atoms with Crippen molar-refractivity contribution < 1.29 is 22.5 Å². The largest absolute Gasteiger partial charge is 0.371 e. The van der Waals surface area contributed by atoms with Crippen LogP contribution in [0.4, 0.5) is 40.1 Å². The Morgan fingerprint density at radius 3 is 1.77 bits per heavy atom. The predicted molar refractivity (Wildman–Crippen MR) is 263 cm³/mol. The summed E-state index contributed by atoms with van der Waals surface area (Å²) in [7, 11) is 1.18. The van der Waals surface area contributed by atoms with Gasteiger partial charge in [-0.2, -0.15) is 14.9 Å². The Morgan fingerprint density at radius 2 is 1.26 bits per heavy atom. The molecule has 3 unspecified atom stereocenters. The molecule has 0 aliphatic heterocycles. The standard InChI is InChI=1S/C22H25N7OS.C12H16N2O3S.C12H15NO3S/c1-28(18-6-7-18)19-8-5-17(9-14(19)13-31(2)30)25-20-10-21(26-16-3-4-16)29-22(27-20)15(11-23)12-24-29;1-13(10-3-4-10)12-6-5-11(14(15)16)7-9(12)8-18(2)17;1-17(16)8-11-7-12(13(14)15)5-4-10(11)6-9-2-3-9/h5,8-10,12,16,18,26H,3-4,6-7,13H2,1-2H3,(H,25,27);5-7,10H,3-4,8H2,1-2H3;4-5,7,9H,2-3,6,8H2,1H3. The van der Waals surface area contributed by atoms with Gasteiger partial charge in [0.05, 0.1) is 27.5 Å². The van der Waals surface area contributed by atoms with Crippen molar-refractivity contribution >= 4 is 78.1 Å². The number of aromatic nitrogens is 3. The van der Waals surface area contributed by atoms with E-state index in [1.165, 1.54) is 37.8 Å². The zero-order chi connectivity index (χ0) is 47.2. The molecular weight excluding hydrogens is 901 g/mol. The summed E-state index contributed by atoms with van der Waals surface area (Å²) < 4.78 is 36.3. The molecule has 0 saturated heterocycles. The fraction of sp³-hybridized carbons (Fsp3) is 0.457. The molecule has 350 valence electrons. The highest BCUT2D eigenvalue weighted by Crippen LogP contribution is 2.37. The number of nitro groups is 2. The van der Waals surface area contributed by atoms with Crippen LogP contribution in [0.3, 0.4) is 0 Å². The van der Waals surface area contributed by atoms with Crippen LogP contribution in [0.2, 0.25) is 0 Å². The van der Waals surface area contributed by atoms with Crippen molar-refractivity contribution in [2.24, 2.45) is 5.92 Å². The van der Waals surface area contributed by atoms with Crippen LogP contribution >= 0.6 is 0 Å². The topological polar surface area (TPSA) is 222 Å². The Labute approximate surface area is 392 Å². The number of hydrogen-bond acceptors (Lipinski definition) is 14. The van der Waals surface area contributed by atoms with Crippen LogP contribution in [0.5, 0.6) is 0 Å². The Bertz CT molecular complexity index is 2730. The summed E-state index contributed by atoms with van der Waals surface area (Å²) >= 11 is 0. The van der Waals surface area contributed by atoms with E-state index in [1.807, 2.05) is 25.2 Å². The number of anilines is 5. The number of benzene rings is 3. The van der Waals surface area contributed by atoms with Crippen LogP contribution in [0.15, 0.2) is 66.9 Å². The number of non-ortho nitro benzene ring substituents is 2. The number of rotatable bonds is 18. The van der Waals surface area contributed by atoms with Gasteiger partial charge < -0.3 is 20.4 Å². The van der Waals surface area contributed by atoms with Gasteiger partial charge in [0.25, 0.3) is 11.4 Å². The lowest BCUT2D eigenvalue weighted by Crippen LogP contribution is -2.21. The molecule has 5 aromatic rings. The van der Waals surface area contributed by atoms with Crippen molar-refractivity contribution in [2.75, 3.05) is 53.3 Å². The molecule has 3 aromatic carbocycles. The highest BCUT2D eigenvalue weighted by molar-refractivity contribution is 7.83. The average Bonchev–Trinajstić information content (AvgIpc) is 4.03. The molecular formula is C46H56N10O7S3. The molecule has 4 fully saturated rings. The molecule has 2 heterocycles. The normalized spacial score (nSPS) is 16.6. The minimum atomic E-state index is -1.01. The maximum Gasteiger partial charge on any atom is 0.269 e. The third-order valence-electron chi connectivity index (χ3n) is 11.8. The molecule has 2 aromatic heterocycles. The van der Waals surface area contributed by atoms with Gasteiger partial charge in [-0.25, -0.2) is 4.98 Å². The van der Waals surface area contributed by atoms with Gasteiger partial charge in [0, 0.05) is 137 Å². The van der Waals surface area contributed by atoms with E-state index >= 15 is 0 Å². The summed E-state index contributed by atoms with van der Waals surface area (Å²) in [5.74, 6) is 3.44. The average molecular weight is 957 g/mol. The number of nitrogens with zero attached hydrogens (tertiary/aromatic N) is 8. The van der Waals surface area contributed by atoms with Gasteiger partial charge >= 0.3 is 0 Å². The first kappa shape index (κ1) is 48.2. The number of nitrogens with one attached hydrogen (secondary N) is 2. The van der Waals surface area contributed by atoms with E-state index in [0.717, 1.165) is 83.2 Å². The highest BCUT2D eigenvalue weighted by atomic mass is 32.2. The lowest BCUT2D eigenvalue weighted by molar-refractivity contribution is -0.385. The molecule has 4 saturated carbocycles. The summed E-state index contributed by atoms with van der Waals surface area (Å²) in [6.07, 6.45) is 16.9. The second-order valence-electron chi connectivity index (χ2n) is 17.6. The summed E-state index contributed by atoms with van der Waals surface area (Å²) in [6.45, 7) is 0. The third-order valence-corrected chi connectivity index (χ3v) is 13.9. The monoisotopic (exact) mass is 956 g/mol. The van der Waals surface area contributed by atoms with E-state index in [0.29, 0.717) is 52.4 Å². The van der Waals surface area contributed by atoms with Crippen molar-refractivity contribution in [3.63, 3.8) is 0 Å².